The fraction of sp³-hybridized carbons (Fsp3) is 0.423. The van der Waals surface area contributed by atoms with Gasteiger partial charge in [-0.05, 0) is 62.1 Å². The summed E-state index contributed by atoms with van der Waals surface area (Å²) in [6.45, 7) is 1.04. The molecule has 1 heterocycles. The first kappa shape index (κ1) is 29.1. The number of nitrogen functional groups attached to an aromatic ring is 1. The van der Waals surface area contributed by atoms with E-state index in [2.05, 4.69) is 10.0 Å². The molecule has 1 fully saturated rings. The number of likely N-dealkylation sites (tertiary alicyclic amines) is 1. The Morgan fingerprint density at radius 3 is 2.42 bits per heavy atom. The number of amidine groups is 1. The largest absolute Gasteiger partial charge is 0.497 e. The Balaban J connectivity index is 1.70. The third-order valence-corrected chi connectivity index (χ3v) is 7.97. The van der Waals surface area contributed by atoms with E-state index < -0.39 is 28.0 Å². The lowest BCUT2D eigenvalue weighted by molar-refractivity contribution is -0.139. The lowest BCUT2D eigenvalue weighted by Crippen LogP contribution is -2.53. The van der Waals surface area contributed by atoms with E-state index in [0.29, 0.717) is 50.1 Å². The highest BCUT2D eigenvalue weighted by molar-refractivity contribution is 7.89. The van der Waals surface area contributed by atoms with Gasteiger partial charge in [-0.1, -0.05) is 30.7 Å². The lowest BCUT2D eigenvalue weighted by atomic mass is 10.1. The predicted molar refractivity (Wildman–Crippen MR) is 144 cm³/mol. The van der Waals surface area contributed by atoms with Crippen LogP contribution in [0.3, 0.4) is 0 Å². The number of rotatable bonds is 13. The van der Waals surface area contributed by atoms with Gasteiger partial charge in [-0.2, -0.15) is 4.72 Å². The van der Waals surface area contributed by atoms with Crippen LogP contribution >= 0.6 is 0 Å². The van der Waals surface area contributed by atoms with Crippen molar-refractivity contribution in [3.8, 4) is 5.75 Å². The molecule has 0 radical (unpaired) electrons. The number of nitrogens with two attached hydrogens (primary N) is 2. The van der Waals surface area contributed by atoms with E-state index in [1.807, 2.05) is 0 Å². The van der Waals surface area contributed by atoms with Crippen molar-refractivity contribution in [1.82, 2.24) is 14.9 Å². The number of hydrogen-bond donors (Lipinski definition) is 5. The molecule has 2 atom stereocenters. The zero-order valence-electron chi connectivity index (χ0n) is 21.5. The van der Waals surface area contributed by atoms with Gasteiger partial charge < -0.3 is 26.4 Å². The summed E-state index contributed by atoms with van der Waals surface area (Å²) in [6.07, 6.45) is 2.58. The van der Waals surface area contributed by atoms with Gasteiger partial charge in [-0.3, -0.25) is 15.0 Å². The highest BCUT2D eigenvalue weighted by Gasteiger charge is 2.38. The Morgan fingerprint density at radius 1 is 1.13 bits per heavy atom. The first-order valence-electron chi connectivity index (χ1n) is 12.5. The molecule has 0 bridgehead atoms. The summed E-state index contributed by atoms with van der Waals surface area (Å²) in [5, 5.41) is 10.3. The Hall–Kier alpha value is -3.48. The van der Waals surface area contributed by atoms with Gasteiger partial charge in [-0.25, -0.2) is 8.42 Å². The molecular weight excluding hydrogens is 508 g/mol. The quantitative estimate of drug-likeness (QED) is 0.142. The summed E-state index contributed by atoms with van der Waals surface area (Å²) in [5.74, 6) is -0.252. The molecule has 0 aliphatic carbocycles. The number of unbranched alkanes of at least 4 members (excludes halogenated alkanes) is 1. The Morgan fingerprint density at radius 2 is 1.82 bits per heavy atom. The highest BCUT2D eigenvalue weighted by atomic mass is 32.2. The van der Waals surface area contributed by atoms with Crippen molar-refractivity contribution >= 4 is 27.7 Å². The summed E-state index contributed by atoms with van der Waals surface area (Å²) in [6, 6.07) is 11.1. The molecule has 12 heteroatoms. The zero-order chi connectivity index (χ0) is 27.7. The van der Waals surface area contributed by atoms with Crippen LogP contribution in [0.2, 0.25) is 0 Å². The van der Waals surface area contributed by atoms with Gasteiger partial charge in [0.05, 0.1) is 12.0 Å². The van der Waals surface area contributed by atoms with E-state index in [1.54, 1.807) is 24.3 Å². The summed E-state index contributed by atoms with van der Waals surface area (Å²) in [5.41, 5.74) is 12.5. The summed E-state index contributed by atoms with van der Waals surface area (Å²) in [4.78, 5) is 28.1. The van der Waals surface area contributed by atoms with Crippen LogP contribution in [-0.2, 0) is 26.2 Å². The fourth-order valence-corrected chi connectivity index (χ4v) is 5.57. The molecule has 206 valence electrons. The molecule has 0 unspecified atom stereocenters. The molecule has 0 aromatic heterocycles. The number of nitrogens with one attached hydrogen (secondary N) is 3. The molecule has 11 nitrogen and oxygen atoms in total. The number of carbonyl (C=O) groups is 2. The van der Waals surface area contributed by atoms with Gasteiger partial charge in [0.25, 0.3) is 0 Å². The van der Waals surface area contributed by atoms with Crippen molar-refractivity contribution in [1.29, 1.82) is 5.41 Å². The van der Waals surface area contributed by atoms with E-state index >= 15 is 0 Å². The molecule has 0 saturated carbocycles. The van der Waals surface area contributed by atoms with Gasteiger partial charge in [0.2, 0.25) is 21.8 Å². The van der Waals surface area contributed by atoms with E-state index in [9.17, 15) is 18.0 Å². The van der Waals surface area contributed by atoms with E-state index in [0.717, 1.165) is 5.56 Å². The van der Waals surface area contributed by atoms with Crippen molar-refractivity contribution in [3.63, 3.8) is 0 Å². The molecule has 1 saturated heterocycles. The number of amides is 2. The van der Waals surface area contributed by atoms with E-state index in [4.69, 9.17) is 21.6 Å². The molecule has 1 aliphatic rings. The Kier molecular flexibility index (Phi) is 10.2. The van der Waals surface area contributed by atoms with Crippen LogP contribution < -0.4 is 26.2 Å². The molecule has 7 N–H and O–H groups in total. The molecule has 1 aliphatic heterocycles. The van der Waals surface area contributed by atoms with Gasteiger partial charge in [0, 0.05) is 18.7 Å². The third kappa shape index (κ3) is 7.53. The molecular formula is C26H36N6O5S. The van der Waals surface area contributed by atoms with E-state index in [-0.39, 0.29) is 29.6 Å². The SMILES string of the molecule is COc1ccc(S(=O)(=O)N[C@@H](CCCCN)C(=O)N2CCC[C@H]2C(=O)NCc2ccc(C(=N)N)cc2)cc1. The van der Waals surface area contributed by atoms with E-state index in [1.165, 1.54) is 36.3 Å². The number of methoxy groups -OCH3 is 1. The normalized spacial score (nSPS) is 16.2. The van der Waals surface area contributed by atoms with Crippen molar-refractivity contribution in [2.45, 2.75) is 55.6 Å². The van der Waals surface area contributed by atoms with Crippen molar-refractivity contribution in [3.05, 3.63) is 59.7 Å². The van der Waals surface area contributed by atoms with Crippen LogP contribution in [0.5, 0.6) is 5.75 Å². The summed E-state index contributed by atoms with van der Waals surface area (Å²) < 4.78 is 33.8. The third-order valence-electron chi connectivity index (χ3n) is 6.48. The smallest absolute Gasteiger partial charge is 0.243 e. The number of carbonyl (C=O) groups excluding carboxylic acids is 2. The van der Waals surface area contributed by atoms with Crippen LogP contribution in [0, 0.1) is 5.41 Å². The van der Waals surface area contributed by atoms with Gasteiger partial charge in [0.15, 0.2) is 0 Å². The minimum atomic E-state index is -4.00. The first-order chi connectivity index (χ1) is 18.2. The van der Waals surface area contributed by atoms with Gasteiger partial charge in [0.1, 0.15) is 23.7 Å². The Labute approximate surface area is 223 Å². The molecule has 2 aromatic rings. The summed E-state index contributed by atoms with van der Waals surface area (Å²) >= 11 is 0. The second-order valence-electron chi connectivity index (χ2n) is 9.15. The topological polar surface area (TPSA) is 181 Å². The average Bonchev–Trinajstić information content (AvgIpc) is 3.41. The second-order valence-corrected chi connectivity index (χ2v) is 10.9. The van der Waals surface area contributed by atoms with Crippen LogP contribution in [-0.4, -0.2) is 63.3 Å². The lowest BCUT2D eigenvalue weighted by Gasteiger charge is -2.28. The van der Waals surface area contributed by atoms with Crippen LogP contribution in [0.4, 0.5) is 0 Å². The highest BCUT2D eigenvalue weighted by Crippen LogP contribution is 2.22. The number of ether oxygens (including phenoxy) is 1. The average molecular weight is 545 g/mol. The molecule has 38 heavy (non-hydrogen) atoms. The van der Waals surface area contributed by atoms with Crippen LogP contribution in [0.1, 0.15) is 43.2 Å². The minimum Gasteiger partial charge on any atom is -0.497 e. The second kappa shape index (κ2) is 13.4. The monoisotopic (exact) mass is 544 g/mol. The van der Waals surface area contributed by atoms with Crippen LogP contribution in [0.25, 0.3) is 0 Å². The number of benzene rings is 2. The molecule has 3 rings (SSSR count). The number of nitrogens with zero attached hydrogens (tertiary/aromatic N) is 1. The Bertz CT molecular complexity index is 1220. The standard InChI is InChI=1S/C26H36N6O5S/c1-37-20-11-13-21(14-12-20)38(35,36)31-22(5-2-3-15-27)26(34)32-16-4-6-23(32)25(33)30-17-18-7-9-19(10-8-18)24(28)29/h7-14,22-23,31H,2-6,15-17,27H2,1H3,(H3,28,29)(H,30,33)/t22-,23-/m0/s1. The first-order valence-corrected chi connectivity index (χ1v) is 14.0. The maximum atomic E-state index is 13.6. The fourth-order valence-electron chi connectivity index (χ4n) is 4.35. The summed E-state index contributed by atoms with van der Waals surface area (Å²) in [7, 11) is -2.51. The molecule has 0 spiro atoms. The maximum Gasteiger partial charge on any atom is 0.243 e. The number of hydrogen-bond acceptors (Lipinski definition) is 7. The minimum absolute atomic E-state index is 0.0152. The number of sulfonamides is 1. The van der Waals surface area contributed by atoms with Gasteiger partial charge in [-0.15, -0.1) is 0 Å². The van der Waals surface area contributed by atoms with Crippen molar-refractivity contribution in [2.75, 3.05) is 20.2 Å². The van der Waals surface area contributed by atoms with Crippen LogP contribution in [0.15, 0.2) is 53.4 Å². The maximum absolute atomic E-state index is 13.6. The zero-order valence-corrected chi connectivity index (χ0v) is 22.3. The van der Waals surface area contributed by atoms with Crippen molar-refractivity contribution in [2.24, 2.45) is 11.5 Å². The van der Waals surface area contributed by atoms with Crippen molar-refractivity contribution < 1.29 is 22.7 Å². The predicted octanol–water partition coefficient (Wildman–Crippen LogP) is 1.06. The molecule has 2 aromatic carbocycles. The van der Waals surface area contributed by atoms with Gasteiger partial charge >= 0.3 is 0 Å². The molecule has 2 amide bonds.